The number of rotatable bonds is 5. The molecule has 102 valence electrons. The van der Waals surface area contributed by atoms with Crippen LogP contribution in [0.3, 0.4) is 0 Å². The van der Waals surface area contributed by atoms with Crippen molar-refractivity contribution in [3.8, 4) is 0 Å². The quantitative estimate of drug-likeness (QED) is 0.665. The molecule has 1 heterocycles. The van der Waals surface area contributed by atoms with Crippen LogP contribution in [0, 0.1) is 10.1 Å². The second-order valence-electron chi connectivity index (χ2n) is 4.09. The molecule has 0 amide bonds. The summed E-state index contributed by atoms with van der Waals surface area (Å²) >= 11 is 0. The molecule has 0 aliphatic carbocycles. The molecule has 0 saturated heterocycles. The van der Waals surface area contributed by atoms with Crippen LogP contribution in [0.5, 0.6) is 0 Å². The molecule has 0 aliphatic rings. The van der Waals surface area contributed by atoms with Crippen LogP contribution in [-0.4, -0.2) is 32.2 Å². The first kappa shape index (κ1) is 13.5. The molecule has 1 aromatic carbocycles. The van der Waals surface area contributed by atoms with Gasteiger partial charge in [0.15, 0.2) is 11.1 Å². The third-order valence-corrected chi connectivity index (χ3v) is 4.00. The van der Waals surface area contributed by atoms with Gasteiger partial charge in [0.1, 0.15) is 0 Å². The van der Waals surface area contributed by atoms with Gasteiger partial charge in [-0.3, -0.25) is 14.3 Å². The summed E-state index contributed by atoms with van der Waals surface area (Å²) in [6.07, 6.45) is 1.61. The van der Waals surface area contributed by atoms with E-state index in [-0.39, 0.29) is 22.5 Å². The van der Waals surface area contributed by atoms with Crippen LogP contribution in [0.2, 0.25) is 0 Å². The van der Waals surface area contributed by atoms with Gasteiger partial charge >= 0.3 is 0 Å². The van der Waals surface area contributed by atoms with Crippen molar-refractivity contribution in [2.45, 2.75) is 12.2 Å². The Balaban J connectivity index is 2.24. The number of para-hydroxylation sites is 1. The zero-order valence-electron chi connectivity index (χ0n) is 10.5. The highest BCUT2D eigenvalue weighted by Gasteiger charge is 2.17. The number of nitro benzene ring substituents is 1. The Morgan fingerprint density at radius 1 is 1.58 bits per heavy atom. The van der Waals surface area contributed by atoms with Crippen LogP contribution in [0.15, 0.2) is 22.6 Å². The van der Waals surface area contributed by atoms with E-state index in [1.165, 1.54) is 6.07 Å². The number of fused-ring (bicyclic) bond motifs is 1. The fourth-order valence-electron chi connectivity index (χ4n) is 1.51. The van der Waals surface area contributed by atoms with E-state index in [0.29, 0.717) is 12.1 Å². The molecular formula is C11H13N3O4S. The van der Waals surface area contributed by atoms with Crippen molar-refractivity contribution < 1.29 is 13.5 Å². The number of nitrogens with zero attached hydrogens (tertiary/aromatic N) is 2. The molecular weight excluding hydrogens is 270 g/mol. The Hall–Kier alpha value is -1.96. The fourth-order valence-corrected chi connectivity index (χ4v) is 1.82. The third-order valence-electron chi connectivity index (χ3n) is 2.70. The minimum atomic E-state index is -0.954. The number of anilines is 1. The minimum Gasteiger partial charge on any atom is -0.423 e. The zero-order valence-corrected chi connectivity index (χ0v) is 11.3. The van der Waals surface area contributed by atoms with Crippen LogP contribution in [0.1, 0.15) is 6.92 Å². The number of oxazole rings is 1. The predicted molar refractivity (Wildman–Crippen MR) is 72.7 cm³/mol. The first-order valence-corrected chi connectivity index (χ1v) is 7.21. The topological polar surface area (TPSA) is 98.3 Å². The zero-order chi connectivity index (χ0) is 14.0. The van der Waals surface area contributed by atoms with Gasteiger partial charge in [-0.15, -0.1) is 0 Å². The number of benzene rings is 1. The lowest BCUT2D eigenvalue weighted by molar-refractivity contribution is -0.383. The summed E-state index contributed by atoms with van der Waals surface area (Å²) in [6.45, 7) is 2.25. The molecule has 2 unspecified atom stereocenters. The van der Waals surface area contributed by atoms with Gasteiger partial charge in [-0.2, -0.15) is 4.98 Å². The van der Waals surface area contributed by atoms with Gasteiger partial charge in [-0.25, -0.2) is 0 Å². The Morgan fingerprint density at radius 3 is 2.95 bits per heavy atom. The highest BCUT2D eigenvalue weighted by molar-refractivity contribution is 7.84. The second kappa shape index (κ2) is 5.35. The molecule has 2 rings (SSSR count). The summed E-state index contributed by atoms with van der Waals surface area (Å²) in [5.41, 5.74) is 0.462. The molecule has 0 radical (unpaired) electrons. The SMILES string of the molecule is CC(CNc1nc2c([N+](=O)[O-])cccc2o1)S(C)=O. The smallest absolute Gasteiger partial charge is 0.298 e. The van der Waals surface area contributed by atoms with Gasteiger partial charge in [0, 0.05) is 34.9 Å². The Bertz CT molecular complexity index is 640. The van der Waals surface area contributed by atoms with Crippen molar-refractivity contribution in [2.24, 2.45) is 0 Å². The summed E-state index contributed by atoms with van der Waals surface area (Å²) in [5, 5.41) is 13.7. The molecule has 0 fully saturated rings. The van der Waals surface area contributed by atoms with Crippen LogP contribution in [0.25, 0.3) is 11.1 Å². The molecule has 2 atom stereocenters. The van der Waals surface area contributed by atoms with E-state index in [1.807, 2.05) is 6.92 Å². The summed E-state index contributed by atoms with van der Waals surface area (Å²) < 4.78 is 16.6. The number of non-ortho nitro benzene ring substituents is 1. The molecule has 19 heavy (non-hydrogen) atoms. The van der Waals surface area contributed by atoms with Crippen LogP contribution in [0.4, 0.5) is 11.7 Å². The number of hydrogen-bond donors (Lipinski definition) is 1. The van der Waals surface area contributed by atoms with Crippen molar-refractivity contribution in [3.05, 3.63) is 28.3 Å². The first-order valence-electron chi connectivity index (χ1n) is 5.59. The Morgan fingerprint density at radius 2 is 2.32 bits per heavy atom. The molecule has 1 N–H and O–H groups in total. The van der Waals surface area contributed by atoms with Crippen LogP contribution >= 0.6 is 0 Å². The normalized spacial score (nSPS) is 14.2. The van der Waals surface area contributed by atoms with E-state index in [2.05, 4.69) is 10.3 Å². The van der Waals surface area contributed by atoms with Crippen molar-refractivity contribution in [3.63, 3.8) is 0 Å². The van der Waals surface area contributed by atoms with Gasteiger partial charge in [0.05, 0.1) is 4.92 Å². The maximum atomic E-state index is 11.2. The molecule has 8 heteroatoms. The Labute approximate surface area is 111 Å². The van der Waals surface area contributed by atoms with Crippen LogP contribution < -0.4 is 5.32 Å². The largest absolute Gasteiger partial charge is 0.423 e. The average molecular weight is 283 g/mol. The summed E-state index contributed by atoms with van der Waals surface area (Å²) in [4.78, 5) is 14.4. The number of nitrogens with one attached hydrogen (secondary N) is 1. The van der Waals surface area contributed by atoms with Gasteiger partial charge in [0.25, 0.3) is 11.7 Å². The molecule has 0 saturated carbocycles. The van der Waals surface area contributed by atoms with Crippen molar-refractivity contribution in [1.82, 2.24) is 4.98 Å². The molecule has 2 aromatic rings. The maximum Gasteiger partial charge on any atom is 0.298 e. The van der Waals surface area contributed by atoms with E-state index >= 15 is 0 Å². The summed E-state index contributed by atoms with van der Waals surface area (Å²) in [7, 11) is -0.954. The number of aromatic nitrogens is 1. The average Bonchev–Trinajstić information content (AvgIpc) is 2.77. The summed E-state index contributed by atoms with van der Waals surface area (Å²) in [6, 6.07) is 4.72. The van der Waals surface area contributed by atoms with Gasteiger partial charge in [-0.1, -0.05) is 6.07 Å². The fraction of sp³-hybridized carbons (Fsp3) is 0.364. The van der Waals surface area contributed by atoms with Gasteiger partial charge < -0.3 is 9.73 Å². The van der Waals surface area contributed by atoms with Crippen molar-refractivity contribution >= 4 is 33.6 Å². The maximum absolute atomic E-state index is 11.2. The highest BCUT2D eigenvalue weighted by Crippen LogP contribution is 2.27. The monoisotopic (exact) mass is 283 g/mol. The number of nitro groups is 1. The van der Waals surface area contributed by atoms with E-state index in [4.69, 9.17) is 4.42 Å². The van der Waals surface area contributed by atoms with Gasteiger partial charge in [-0.05, 0) is 13.0 Å². The van der Waals surface area contributed by atoms with Crippen molar-refractivity contribution in [1.29, 1.82) is 0 Å². The van der Waals surface area contributed by atoms with Crippen LogP contribution in [-0.2, 0) is 10.8 Å². The lowest BCUT2D eigenvalue weighted by Crippen LogP contribution is -2.20. The van der Waals surface area contributed by atoms with E-state index in [0.717, 1.165) is 0 Å². The summed E-state index contributed by atoms with van der Waals surface area (Å²) in [5.74, 6) is 0. The first-order chi connectivity index (χ1) is 8.99. The molecule has 0 aliphatic heterocycles. The van der Waals surface area contributed by atoms with Gasteiger partial charge in [0.2, 0.25) is 0 Å². The van der Waals surface area contributed by atoms with Crippen molar-refractivity contribution in [2.75, 3.05) is 18.1 Å². The lowest BCUT2D eigenvalue weighted by atomic mass is 10.3. The highest BCUT2D eigenvalue weighted by atomic mass is 32.2. The third kappa shape index (κ3) is 2.90. The lowest BCUT2D eigenvalue weighted by Gasteiger charge is -2.07. The standard InChI is InChI=1S/C11H13N3O4S/c1-7(19(2)17)6-12-11-13-10-8(14(15)16)4-3-5-9(10)18-11/h3-5,7H,6H2,1-2H3,(H,12,13). The van der Waals surface area contributed by atoms with E-state index in [1.54, 1.807) is 18.4 Å². The predicted octanol–water partition coefficient (Wildman–Crippen LogP) is 1.91. The molecule has 0 spiro atoms. The molecule has 1 aromatic heterocycles. The van der Waals surface area contributed by atoms with E-state index < -0.39 is 15.7 Å². The number of hydrogen-bond acceptors (Lipinski definition) is 6. The Kier molecular flexibility index (Phi) is 3.79. The minimum absolute atomic E-state index is 0.0648. The second-order valence-corrected chi connectivity index (χ2v) is 5.89. The molecule has 0 bridgehead atoms. The van der Waals surface area contributed by atoms with E-state index in [9.17, 15) is 14.3 Å². The molecule has 7 nitrogen and oxygen atoms in total.